The first kappa shape index (κ1) is 10.7. The molecule has 0 amide bonds. The summed E-state index contributed by atoms with van der Waals surface area (Å²) in [5.41, 5.74) is 1.92. The third-order valence-corrected chi connectivity index (χ3v) is 4.61. The van der Waals surface area contributed by atoms with Gasteiger partial charge >= 0.3 is 0 Å². The molecule has 88 valence electrons. The van der Waals surface area contributed by atoms with E-state index in [2.05, 4.69) is 22.1 Å². The molecule has 0 aromatic carbocycles. The minimum Gasteiger partial charge on any atom is -0.305 e. The molecule has 0 radical (unpaired) electrons. The van der Waals surface area contributed by atoms with E-state index in [-0.39, 0.29) is 0 Å². The number of thiazole rings is 1. The van der Waals surface area contributed by atoms with Crippen molar-refractivity contribution in [1.29, 1.82) is 0 Å². The van der Waals surface area contributed by atoms with Gasteiger partial charge in [0.25, 0.3) is 0 Å². The van der Waals surface area contributed by atoms with Crippen molar-refractivity contribution < 1.29 is 0 Å². The molecule has 4 heteroatoms. The van der Waals surface area contributed by atoms with E-state index in [1.54, 1.807) is 11.3 Å². The van der Waals surface area contributed by atoms with Crippen molar-refractivity contribution in [3.8, 4) is 0 Å². The Morgan fingerprint density at radius 3 is 3.06 bits per heavy atom. The van der Waals surface area contributed by atoms with E-state index in [1.165, 1.54) is 37.2 Å². The van der Waals surface area contributed by atoms with E-state index in [0.29, 0.717) is 12.1 Å². The van der Waals surface area contributed by atoms with Crippen LogP contribution < -0.4 is 5.32 Å². The summed E-state index contributed by atoms with van der Waals surface area (Å²) in [6.45, 7) is 4.78. The molecule has 3 rings (SSSR count). The first-order chi connectivity index (χ1) is 7.83. The molecule has 2 atom stereocenters. The predicted molar refractivity (Wildman–Crippen MR) is 66.7 cm³/mol. The molecule has 1 aromatic rings. The van der Waals surface area contributed by atoms with Crippen LogP contribution in [0.25, 0.3) is 0 Å². The lowest BCUT2D eigenvalue weighted by Crippen LogP contribution is -2.34. The average Bonchev–Trinajstić information content (AvgIpc) is 2.82. The maximum Gasteiger partial charge on any atom is 0.0794 e. The maximum absolute atomic E-state index is 4.14. The van der Waals surface area contributed by atoms with Gasteiger partial charge in [-0.25, -0.2) is 0 Å². The molecular formula is C12H19N3S. The van der Waals surface area contributed by atoms with Gasteiger partial charge in [-0.3, -0.25) is 9.88 Å². The molecule has 0 bridgehead atoms. The summed E-state index contributed by atoms with van der Waals surface area (Å²) in [7, 11) is 0. The molecule has 1 saturated heterocycles. The average molecular weight is 237 g/mol. The zero-order valence-electron chi connectivity index (χ0n) is 9.72. The summed E-state index contributed by atoms with van der Waals surface area (Å²) < 4.78 is 0. The number of hydrogen-bond donors (Lipinski definition) is 1. The van der Waals surface area contributed by atoms with Crippen LogP contribution in [0, 0.1) is 0 Å². The Labute approximate surface area is 101 Å². The second kappa shape index (κ2) is 4.43. The van der Waals surface area contributed by atoms with Crippen molar-refractivity contribution in [3.05, 3.63) is 16.6 Å². The van der Waals surface area contributed by atoms with Crippen molar-refractivity contribution in [2.75, 3.05) is 13.1 Å². The lowest BCUT2D eigenvalue weighted by molar-refractivity contribution is 0.314. The van der Waals surface area contributed by atoms with Gasteiger partial charge in [0.05, 0.1) is 5.51 Å². The fourth-order valence-corrected chi connectivity index (χ4v) is 3.21. The van der Waals surface area contributed by atoms with Crippen LogP contribution >= 0.6 is 11.3 Å². The number of nitrogens with one attached hydrogen (secondary N) is 1. The van der Waals surface area contributed by atoms with Crippen LogP contribution in [0.2, 0.25) is 0 Å². The Morgan fingerprint density at radius 2 is 2.38 bits per heavy atom. The third-order valence-electron chi connectivity index (χ3n) is 3.65. The zero-order valence-corrected chi connectivity index (χ0v) is 10.5. The van der Waals surface area contributed by atoms with Crippen LogP contribution in [-0.2, 0) is 0 Å². The standard InChI is InChI=1S/C12H19N3S/c1-9(12-6-13-8-16-12)14-10-4-5-15(7-10)11-2-3-11/h6,8-11,14H,2-5,7H2,1H3. The summed E-state index contributed by atoms with van der Waals surface area (Å²) in [5, 5.41) is 3.72. The van der Waals surface area contributed by atoms with E-state index in [1.807, 2.05) is 11.7 Å². The number of rotatable bonds is 4. The van der Waals surface area contributed by atoms with E-state index in [4.69, 9.17) is 0 Å². The van der Waals surface area contributed by atoms with E-state index in [9.17, 15) is 0 Å². The summed E-state index contributed by atoms with van der Waals surface area (Å²) in [5.74, 6) is 0. The van der Waals surface area contributed by atoms with Gasteiger partial charge in [0.15, 0.2) is 0 Å². The minimum absolute atomic E-state index is 0.455. The number of hydrogen-bond acceptors (Lipinski definition) is 4. The van der Waals surface area contributed by atoms with Gasteiger partial charge in [-0.1, -0.05) is 0 Å². The van der Waals surface area contributed by atoms with E-state index in [0.717, 1.165) is 6.04 Å². The topological polar surface area (TPSA) is 28.2 Å². The van der Waals surface area contributed by atoms with Crippen LogP contribution in [-0.4, -0.2) is 35.1 Å². The zero-order chi connectivity index (χ0) is 11.0. The number of likely N-dealkylation sites (tertiary alicyclic amines) is 1. The molecule has 1 aromatic heterocycles. The highest BCUT2D eigenvalue weighted by molar-refractivity contribution is 7.09. The van der Waals surface area contributed by atoms with Crippen LogP contribution in [0.15, 0.2) is 11.7 Å². The lowest BCUT2D eigenvalue weighted by atomic mass is 10.2. The van der Waals surface area contributed by atoms with Gasteiger partial charge in [0, 0.05) is 42.3 Å². The van der Waals surface area contributed by atoms with Gasteiger partial charge in [0.2, 0.25) is 0 Å². The summed E-state index contributed by atoms with van der Waals surface area (Å²) >= 11 is 1.75. The highest BCUT2D eigenvalue weighted by atomic mass is 32.1. The highest BCUT2D eigenvalue weighted by Crippen LogP contribution is 2.30. The Kier molecular flexibility index (Phi) is 2.96. The normalized spacial score (nSPS) is 28.4. The van der Waals surface area contributed by atoms with Crippen molar-refractivity contribution in [3.63, 3.8) is 0 Å². The smallest absolute Gasteiger partial charge is 0.0794 e. The fourth-order valence-electron chi connectivity index (χ4n) is 2.57. The van der Waals surface area contributed by atoms with Gasteiger partial charge in [0.1, 0.15) is 0 Å². The summed E-state index contributed by atoms with van der Waals surface area (Å²) in [6, 6.07) is 2.06. The largest absolute Gasteiger partial charge is 0.305 e. The predicted octanol–water partition coefficient (Wildman–Crippen LogP) is 2.03. The first-order valence-corrected chi connectivity index (χ1v) is 7.09. The van der Waals surface area contributed by atoms with E-state index >= 15 is 0 Å². The number of nitrogens with zero attached hydrogens (tertiary/aromatic N) is 2. The Balaban J connectivity index is 1.51. The lowest BCUT2D eigenvalue weighted by Gasteiger charge is -2.19. The molecule has 2 fully saturated rings. The maximum atomic E-state index is 4.14. The molecule has 1 aliphatic heterocycles. The van der Waals surface area contributed by atoms with Crippen molar-refractivity contribution in [2.24, 2.45) is 0 Å². The van der Waals surface area contributed by atoms with Gasteiger partial charge in [-0.05, 0) is 26.2 Å². The van der Waals surface area contributed by atoms with Crippen molar-refractivity contribution >= 4 is 11.3 Å². The van der Waals surface area contributed by atoms with Gasteiger partial charge < -0.3 is 5.32 Å². The van der Waals surface area contributed by atoms with Gasteiger partial charge in [-0.2, -0.15) is 0 Å². The monoisotopic (exact) mass is 237 g/mol. The Bertz CT molecular complexity index is 334. The molecule has 1 N–H and O–H groups in total. The fraction of sp³-hybridized carbons (Fsp3) is 0.750. The van der Waals surface area contributed by atoms with Crippen LogP contribution in [0.1, 0.15) is 37.1 Å². The molecule has 1 aliphatic carbocycles. The van der Waals surface area contributed by atoms with Gasteiger partial charge in [-0.15, -0.1) is 11.3 Å². The third kappa shape index (κ3) is 2.29. The molecule has 0 spiro atoms. The summed E-state index contributed by atoms with van der Waals surface area (Å²) in [4.78, 5) is 8.14. The van der Waals surface area contributed by atoms with Crippen molar-refractivity contribution in [2.45, 2.75) is 44.3 Å². The molecule has 2 heterocycles. The summed E-state index contributed by atoms with van der Waals surface area (Å²) in [6.07, 6.45) is 6.14. The van der Waals surface area contributed by atoms with Crippen LogP contribution in [0.4, 0.5) is 0 Å². The molecule has 16 heavy (non-hydrogen) atoms. The molecule has 3 nitrogen and oxygen atoms in total. The second-order valence-corrected chi connectivity index (χ2v) is 5.92. The second-order valence-electron chi connectivity index (χ2n) is 5.00. The Hall–Kier alpha value is -0.450. The van der Waals surface area contributed by atoms with Crippen LogP contribution in [0.5, 0.6) is 0 Å². The molecule has 2 unspecified atom stereocenters. The SMILES string of the molecule is CC(NC1CCN(C2CC2)C1)c1cncs1. The molecular weight excluding hydrogens is 218 g/mol. The quantitative estimate of drug-likeness (QED) is 0.868. The highest BCUT2D eigenvalue weighted by Gasteiger charge is 2.34. The van der Waals surface area contributed by atoms with Crippen LogP contribution in [0.3, 0.4) is 0 Å². The molecule has 1 saturated carbocycles. The van der Waals surface area contributed by atoms with E-state index < -0.39 is 0 Å². The Morgan fingerprint density at radius 1 is 1.50 bits per heavy atom. The molecule has 2 aliphatic rings. The minimum atomic E-state index is 0.455. The number of aromatic nitrogens is 1. The first-order valence-electron chi connectivity index (χ1n) is 6.21. The van der Waals surface area contributed by atoms with Crippen molar-refractivity contribution in [1.82, 2.24) is 15.2 Å².